The van der Waals surface area contributed by atoms with Crippen LogP contribution < -0.4 is 10.6 Å². The first-order valence-electron chi connectivity index (χ1n) is 11.3. The van der Waals surface area contributed by atoms with Gasteiger partial charge < -0.3 is 24.2 Å². The number of anilines is 1. The molecule has 40 heavy (non-hydrogen) atoms. The van der Waals surface area contributed by atoms with Crippen LogP contribution >= 0.6 is 7.75 Å². The average Bonchev–Trinajstić information content (AvgIpc) is 3.25. The Hall–Kier alpha value is -3.24. The van der Waals surface area contributed by atoms with Gasteiger partial charge in [-0.25, -0.2) is 18.8 Å². The quantitative estimate of drug-likeness (QED) is 0.281. The number of aromatic nitrogens is 3. The molecule has 3 N–H and O–H groups in total. The van der Waals surface area contributed by atoms with E-state index in [1.54, 1.807) is 0 Å². The van der Waals surface area contributed by atoms with Gasteiger partial charge in [-0.05, 0) is 48.4 Å². The van der Waals surface area contributed by atoms with Gasteiger partial charge in [0, 0.05) is 6.54 Å². The third kappa shape index (κ3) is 6.23. The lowest BCUT2D eigenvalue weighted by molar-refractivity contribution is -0.192. The molecule has 1 aliphatic heterocycles. The van der Waals surface area contributed by atoms with E-state index in [2.05, 4.69) is 5.10 Å². The van der Waals surface area contributed by atoms with Gasteiger partial charge in [0.05, 0.1) is 23.8 Å². The maximum Gasteiger partial charge on any atom is 0.440 e. The lowest BCUT2D eigenvalue weighted by atomic mass is 10.0. The van der Waals surface area contributed by atoms with E-state index < -0.39 is 72.7 Å². The van der Waals surface area contributed by atoms with Gasteiger partial charge in [-0.15, -0.1) is 5.10 Å². The van der Waals surface area contributed by atoms with Crippen LogP contribution in [0.3, 0.4) is 0 Å². The summed E-state index contributed by atoms with van der Waals surface area (Å²) in [6.45, 7) is 0.801. The highest BCUT2D eigenvalue weighted by Crippen LogP contribution is 2.43. The number of hydrogen-bond donors (Lipinski definition) is 3. The second-order valence-corrected chi connectivity index (χ2v) is 10.1. The molecule has 0 bridgehead atoms. The number of benzene rings is 2. The van der Waals surface area contributed by atoms with Gasteiger partial charge in [0.15, 0.2) is 6.29 Å². The Kier molecular flexibility index (Phi) is 7.90. The van der Waals surface area contributed by atoms with Crippen molar-refractivity contribution in [3.8, 4) is 0 Å². The lowest BCUT2D eigenvalue weighted by Gasteiger charge is -2.42. The van der Waals surface area contributed by atoms with Crippen LogP contribution in [0.1, 0.15) is 41.3 Å². The molecule has 4 rings (SSSR count). The molecule has 10 nitrogen and oxygen atoms in total. The first kappa shape index (κ1) is 29.7. The van der Waals surface area contributed by atoms with Gasteiger partial charge in [0.1, 0.15) is 11.9 Å². The predicted molar refractivity (Wildman–Crippen MR) is 122 cm³/mol. The summed E-state index contributed by atoms with van der Waals surface area (Å²) < 4.78 is 117. The molecule has 0 amide bonds. The van der Waals surface area contributed by atoms with E-state index in [0.717, 1.165) is 12.1 Å². The van der Waals surface area contributed by atoms with Crippen molar-refractivity contribution in [2.45, 2.75) is 37.7 Å². The predicted octanol–water partition coefficient (Wildman–Crippen LogP) is 4.37. The van der Waals surface area contributed by atoms with Crippen molar-refractivity contribution in [3.63, 3.8) is 0 Å². The zero-order chi connectivity index (χ0) is 29.6. The normalized spacial score (nSPS) is 19.6. The Balaban J connectivity index is 1.77. The standard InChI is InChI=1S/C22H20F7N4O6P/c1-11(13-8-14(21(24,25)26)10-15(9-13)22(27,28)29)39-18-17(12-2-4-16(23)5-3-12)32(6-7-38-18)19-30-31-20(34)33(19)40(35,36)37/h2-5,8-11,17-18H,6-7H2,1H3,(H,31,34)(H2,35,36,37)/t11-,17+,18-/m1/s1. The van der Waals surface area contributed by atoms with Gasteiger partial charge in [-0.2, -0.15) is 30.7 Å². The van der Waals surface area contributed by atoms with E-state index in [4.69, 9.17) is 9.47 Å². The first-order valence-corrected chi connectivity index (χ1v) is 12.9. The van der Waals surface area contributed by atoms with Gasteiger partial charge in [0.25, 0.3) is 0 Å². The zero-order valence-corrected chi connectivity index (χ0v) is 21.0. The van der Waals surface area contributed by atoms with Crippen molar-refractivity contribution in [1.82, 2.24) is 14.5 Å². The van der Waals surface area contributed by atoms with Crippen LogP contribution in [0.5, 0.6) is 0 Å². The largest absolute Gasteiger partial charge is 0.440 e. The smallest absolute Gasteiger partial charge is 0.348 e. The van der Waals surface area contributed by atoms with Gasteiger partial charge in [-0.1, -0.05) is 12.1 Å². The Morgan fingerprint density at radius 1 is 1.07 bits per heavy atom. The average molecular weight is 600 g/mol. The molecule has 2 heterocycles. The molecular weight excluding hydrogens is 580 g/mol. The fourth-order valence-electron chi connectivity index (χ4n) is 4.18. The van der Waals surface area contributed by atoms with E-state index in [1.165, 1.54) is 24.0 Å². The Morgan fingerprint density at radius 2 is 1.65 bits per heavy atom. The van der Waals surface area contributed by atoms with E-state index in [1.807, 2.05) is 5.10 Å². The van der Waals surface area contributed by atoms with E-state index in [0.29, 0.717) is 12.1 Å². The van der Waals surface area contributed by atoms with Crippen molar-refractivity contribution >= 4 is 13.7 Å². The minimum absolute atomic E-state index is 0.0325. The van der Waals surface area contributed by atoms with Crippen LogP contribution in [-0.2, 0) is 26.4 Å². The van der Waals surface area contributed by atoms with Crippen molar-refractivity contribution in [1.29, 1.82) is 0 Å². The maximum absolute atomic E-state index is 13.7. The summed E-state index contributed by atoms with van der Waals surface area (Å²) in [5.41, 5.74) is -4.67. The zero-order valence-electron chi connectivity index (χ0n) is 20.1. The molecule has 0 aliphatic carbocycles. The minimum atomic E-state index is -5.26. The number of H-pyrrole nitrogens is 1. The molecule has 0 unspecified atom stereocenters. The van der Waals surface area contributed by atoms with Crippen LogP contribution in [0, 0.1) is 5.82 Å². The molecule has 0 spiro atoms. The Bertz CT molecular complexity index is 1440. The summed E-state index contributed by atoms with van der Waals surface area (Å²) in [7, 11) is -5.26. The number of aromatic amines is 1. The van der Waals surface area contributed by atoms with E-state index >= 15 is 0 Å². The topological polar surface area (TPSA) is 130 Å². The first-order chi connectivity index (χ1) is 18.5. The molecule has 1 aliphatic rings. The van der Waals surface area contributed by atoms with Gasteiger partial charge in [0.2, 0.25) is 5.95 Å². The highest BCUT2D eigenvalue weighted by molar-refractivity contribution is 7.50. The molecule has 0 saturated carbocycles. The van der Waals surface area contributed by atoms with E-state index in [9.17, 15) is 49.9 Å². The summed E-state index contributed by atoms with van der Waals surface area (Å²) in [6, 6.07) is 4.28. The van der Waals surface area contributed by atoms with Crippen LogP contribution in [0.4, 0.5) is 36.7 Å². The second kappa shape index (κ2) is 10.6. The Labute approximate surface area is 220 Å². The summed E-state index contributed by atoms with van der Waals surface area (Å²) in [6.07, 6.45) is -13.2. The molecule has 1 saturated heterocycles. The maximum atomic E-state index is 13.7. The lowest BCUT2D eigenvalue weighted by Crippen LogP contribution is -2.48. The number of alkyl halides is 6. The molecule has 0 radical (unpaired) electrons. The summed E-state index contributed by atoms with van der Waals surface area (Å²) in [5, 5.41) is 5.59. The Morgan fingerprint density at radius 3 is 2.17 bits per heavy atom. The number of halogens is 7. The third-order valence-corrected chi connectivity index (χ3v) is 6.87. The summed E-state index contributed by atoms with van der Waals surface area (Å²) in [4.78, 5) is 32.7. The van der Waals surface area contributed by atoms with Crippen molar-refractivity contribution in [2.24, 2.45) is 0 Å². The number of morpholine rings is 1. The molecule has 18 heteroatoms. The second-order valence-electron chi connectivity index (χ2n) is 8.70. The number of nitrogens with zero attached hydrogens (tertiary/aromatic N) is 3. The van der Waals surface area contributed by atoms with Crippen LogP contribution in [0.25, 0.3) is 0 Å². The molecule has 218 valence electrons. The number of hydrogen-bond acceptors (Lipinski definition) is 6. The highest BCUT2D eigenvalue weighted by Gasteiger charge is 2.41. The van der Waals surface area contributed by atoms with Crippen molar-refractivity contribution < 1.29 is 54.6 Å². The van der Waals surface area contributed by atoms with Gasteiger partial charge >= 0.3 is 25.8 Å². The van der Waals surface area contributed by atoms with Gasteiger partial charge in [-0.3, -0.25) is 0 Å². The third-order valence-electron chi connectivity index (χ3n) is 5.99. The minimum Gasteiger partial charge on any atom is -0.348 e. The fourth-order valence-corrected chi connectivity index (χ4v) is 4.85. The fraction of sp³-hybridized carbons (Fsp3) is 0.364. The summed E-state index contributed by atoms with van der Waals surface area (Å²) >= 11 is 0. The van der Waals surface area contributed by atoms with Crippen molar-refractivity contribution in [2.75, 3.05) is 18.1 Å². The molecule has 2 aromatic carbocycles. The molecule has 1 fully saturated rings. The summed E-state index contributed by atoms with van der Waals surface area (Å²) in [5.74, 6) is -1.22. The molecule has 3 atom stereocenters. The van der Waals surface area contributed by atoms with Crippen LogP contribution in [0.2, 0.25) is 0 Å². The number of nitrogens with one attached hydrogen (secondary N) is 1. The highest BCUT2D eigenvalue weighted by atomic mass is 31.2. The van der Waals surface area contributed by atoms with Crippen molar-refractivity contribution in [3.05, 3.63) is 81.0 Å². The monoisotopic (exact) mass is 600 g/mol. The SMILES string of the molecule is C[C@@H](O[C@H]1OCCN(c2n[nH]c(=O)n2P(=O)(O)O)[C@H]1c1ccc(F)cc1)c1cc(C(F)(F)F)cc(C(F)(F)F)c1. The number of rotatable bonds is 6. The molecular formula is C22H20F7N4O6P. The van der Waals surface area contributed by atoms with E-state index in [-0.39, 0.29) is 29.1 Å². The van der Waals surface area contributed by atoms with Crippen LogP contribution in [0.15, 0.2) is 47.3 Å². The molecule has 1 aromatic heterocycles. The molecule has 3 aromatic rings. The van der Waals surface area contributed by atoms with Crippen LogP contribution in [-0.4, -0.2) is 43.8 Å². The number of ether oxygens (including phenoxy) is 2.